The Labute approximate surface area is 204 Å². The Morgan fingerprint density at radius 1 is 0.639 bits per heavy atom. The molecule has 11 heteroatoms. The normalized spacial score (nSPS) is 10.6. The molecule has 0 atom stereocenters. The average molecular weight is 498 g/mol. The van der Waals surface area contributed by atoms with Crippen molar-refractivity contribution in [3.63, 3.8) is 0 Å². The van der Waals surface area contributed by atoms with Crippen molar-refractivity contribution in [3.8, 4) is 40.2 Å². The van der Waals surface area contributed by atoms with E-state index in [-0.39, 0.29) is 56.4 Å². The zero-order chi connectivity index (χ0) is 26.9. The van der Waals surface area contributed by atoms with Crippen molar-refractivity contribution in [2.45, 2.75) is 20.8 Å². The maximum atomic E-state index is 12.7. The van der Waals surface area contributed by atoms with Crippen molar-refractivity contribution in [1.29, 1.82) is 0 Å². The lowest BCUT2D eigenvalue weighted by atomic mass is 10.1. The molecule has 0 aliphatic carbocycles. The van der Waals surface area contributed by atoms with Crippen LogP contribution < -0.4 is 14.2 Å². The summed E-state index contributed by atoms with van der Waals surface area (Å²) in [6.07, 6.45) is 0. The third-order valence-electron chi connectivity index (χ3n) is 5.30. The first-order valence-corrected chi connectivity index (χ1v) is 10.3. The summed E-state index contributed by atoms with van der Waals surface area (Å²) in [5.41, 5.74) is -0.445. The second kappa shape index (κ2) is 9.74. The summed E-state index contributed by atoms with van der Waals surface area (Å²) in [6, 6.07) is 5.38. The molecule has 0 saturated carbocycles. The number of carboxylic acids is 1. The fraction of sp³-hybridized carbons (Fsp3) is 0.160. The number of aromatic carboxylic acids is 1. The van der Waals surface area contributed by atoms with Gasteiger partial charge in [0, 0.05) is 23.8 Å². The van der Waals surface area contributed by atoms with E-state index < -0.39 is 35.2 Å². The number of hydrogen-bond acceptors (Lipinski definition) is 10. The number of carboxylic acid groups (broad SMARTS) is 1. The smallest absolute Gasteiger partial charge is 0.347 e. The summed E-state index contributed by atoms with van der Waals surface area (Å²) in [5, 5.41) is 49.5. The molecule has 0 fully saturated rings. The van der Waals surface area contributed by atoms with Crippen LogP contribution in [-0.4, -0.2) is 50.6 Å². The fourth-order valence-electron chi connectivity index (χ4n) is 3.73. The summed E-state index contributed by atoms with van der Waals surface area (Å²) in [6.45, 7) is 4.28. The van der Waals surface area contributed by atoms with E-state index in [1.54, 1.807) is 0 Å². The topological polar surface area (TPSA) is 180 Å². The van der Waals surface area contributed by atoms with E-state index in [0.717, 1.165) is 18.2 Å². The number of aromatic hydroxyl groups is 4. The number of hydrogen-bond donors (Lipinski definition) is 5. The van der Waals surface area contributed by atoms with E-state index in [1.165, 1.54) is 40.0 Å². The van der Waals surface area contributed by atoms with Crippen LogP contribution in [-0.2, 0) is 0 Å². The molecule has 0 aliphatic rings. The summed E-state index contributed by atoms with van der Waals surface area (Å²) < 4.78 is 15.5. The van der Waals surface area contributed by atoms with Gasteiger partial charge in [0.1, 0.15) is 45.4 Å². The van der Waals surface area contributed by atoms with Crippen LogP contribution >= 0.6 is 0 Å². The molecule has 0 aromatic heterocycles. The first-order chi connectivity index (χ1) is 16.8. The van der Waals surface area contributed by atoms with E-state index in [2.05, 4.69) is 0 Å². The number of phenols is 4. The second-order valence-electron chi connectivity index (χ2n) is 7.80. The average Bonchev–Trinajstić information content (AvgIpc) is 2.72. The first-order valence-electron chi connectivity index (χ1n) is 10.3. The number of benzene rings is 3. The lowest BCUT2D eigenvalue weighted by molar-refractivity contribution is 0.0689. The second-order valence-corrected chi connectivity index (χ2v) is 7.80. The summed E-state index contributed by atoms with van der Waals surface area (Å²) in [4.78, 5) is 36.6. The zero-order valence-corrected chi connectivity index (χ0v) is 19.6. The molecule has 0 bridgehead atoms. The molecule has 0 aliphatic heterocycles. The van der Waals surface area contributed by atoms with Gasteiger partial charge in [-0.15, -0.1) is 0 Å². The minimum absolute atomic E-state index is 0.0328. The molecular formula is C25H22O11. The van der Waals surface area contributed by atoms with Gasteiger partial charge in [-0.3, -0.25) is 0 Å². The van der Waals surface area contributed by atoms with E-state index >= 15 is 0 Å². The number of rotatable bonds is 6. The van der Waals surface area contributed by atoms with Gasteiger partial charge in [0.05, 0.1) is 7.11 Å². The van der Waals surface area contributed by atoms with Crippen LogP contribution in [0, 0.1) is 20.8 Å². The Bertz CT molecular complexity index is 1360. The summed E-state index contributed by atoms with van der Waals surface area (Å²) in [5.74, 6) is -5.83. The molecular weight excluding hydrogens is 476 g/mol. The van der Waals surface area contributed by atoms with E-state index in [0.29, 0.717) is 0 Å². The van der Waals surface area contributed by atoms with Crippen LogP contribution in [0.1, 0.15) is 47.8 Å². The number of aryl methyl sites for hydroxylation is 2. The third-order valence-corrected chi connectivity index (χ3v) is 5.30. The van der Waals surface area contributed by atoms with Crippen molar-refractivity contribution in [2.75, 3.05) is 7.11 Å². The lowest BCUT2D eigenvalue weighted by Crippen LogP contribution is -2.14. The molecule has 0 saturated heterocycles. The highest BCUT2D eigenvalue weighted by Gasteiger charge is 2.25. The van der Waals surface area contributed by atoms with Crippen LogP contribution in [0.5, 0.6) is 40.2 Å². The standard InChI is InChI=1S/C25H22O11/c1-10-5-13(7-15(26)19(10)23(30)31)35-24(32)20-11(2)6-14(8-16(20)27)36-25(33)21-12(3)22(34-4)18(29)9-17(21)28/h5-9,26-29H,1-4H3,(H,30,31). The van der Waals surface area contributed by atoms with Gasteiger partial charge in [-0.2, -0.15) is 0 Å². The Morgan fingerprint density at radius 2 is 1.08 bits per heavy atom. The Morgan fingerprint density at radius 3 is 1.53 bits per heavy atom. The molecule has 36 heavy (non-hydrogen) atoms. The minimum Gasteiger partial charge on any atom is -0.507 e. The third kappa shape index (κ3) is 4.80. The fourth-order valence-corrected chi connectivity index (χ4v) is 3.73. The number of carbonyl (C=O) groups is 3. The van der Waals surface area contributed by atoms with E-state index in [9.17, 15) is 34.8 Å². The minimum atomic E-state index is -1.35. The molecule has 11 nitrogen and oxygen atoms in total. The molecule has 3 rings (SSSR count). The predicted molar refractivity (Wildman–Crippen MR) is 124 cm³/mol. The Kier molecular flexibility index (Phi) is 6.95. The highest BCUT2D eigenvalue weighted by Crippen LogP contribution is 2.39. The van der Waals surface area contributed by atoms with Crippen LogP contribution in [0.15, 0.2) is 30.3 Å². The SMILES string of the molecule is COc1c(O)cc(O)c(C(=O)Oc2cc(C)c(C(=O)Oc3cc(C)c(C(=O)O)c(O)c3)c(O)c2)c1C. The Balaban J connectivity index is 1.88. The quantitative estimate of drug-likeness (QED) is 0.248. The van der Waals surface area contributed by atoms with Gasteiger partial charge in [0.15, 0.2) is 11.5 Å². The van der Waals surface area contributed by atoms with Gasteiger partial charge in [-0.25, -0.2) is 14.4 Å². The molecule has 0 radical (unpaired) electrons. The summed E-state index contributed by atoms with van der Waals surface area (Å²) >= 11 is 0. The lowest BCUT2D eigenvalue weighted by Gasteiger charge is -2.15. The number of esters is 2. The van der Waals surface area contributed by atoms with Crippen molar-refractivity contribution < 1.29 is 54.1 Å². The molecule has 0 spiro atoms. The van der Waals surface area contributed by atoms with Crippen LogP contribution in [0.4, 0.5) is 0 Å². The molecule has 0 unspecified atom stereocenters. The molecule has 5 N–H and O–H groups in total. The number of phenolic OH excluding ortho intramolecular Hbond substituents is 3. The van der Waals surface area contributed by atoms with Gasteiger partial charge in [0.25, 0.3) is 0 Å². The first kappa shape index (κ1) is 25.7. The van der Waals surface area contributed by atoms with Crippen molar-refractivity contribution >= 4 is 17.9 Å². The van der Waals surface area contributed by atoms with Gasteiger partial charge in [-0.05, 0) is 44.0 Å². The highest BCUT2D eigenvalue weighted by atomic mass is 16.5. The van der Waals surface area contributed by atoms with Crippen molar-refractivity contribution in [3.05, 3.63) is 63.7 Å². The molecule has 3 aromatic carbocycles. The maximum Gasteiger partial charge on any atom is 0.347 e. The van der Waals surface area contributed by atoms with Crippen LogP contribution in [0.2, 0.25) is 0 Å². The molecule has 3 aromatic rings. The number of ether oxygens (including phenoxy) is 3. The van der Waals surface area contributed by atoms with Gasteiger partial charge in [0.2, 0.25) is 0 Å². The number of methoxy groups -OCH3 is 1. The number of carbonyl (C=O) groups excluding carboxylic acids is 2. The molecule has 0 amide bonds. The predicted octanol–water partition coefficient (Wildman–Crippen LogP) is 3.58. The van der Waals surface area contributed by atoms with Crippen LogP contribution in [0.3, 0.4) is 0 Å². The summed E-state index contributed by atoms with van der Waals surface area (Å²) in [7, 11) is 1.27. The molecule has 0 heterocycles. The zero-order valence-electron chi connectivity index (χ0n) is 19.6. The van der Waals surface area contributed by atoms with Gasteiger partial charge < -0.3 is 39.7 Å². The largest absolute Gasteiger partial charge is 0.507 e. The van der Waals surface area contributed by atoms with Crippen molar-refractivity contribution in [2.24, 2.45) is 0 Å². The monoisotopic (exact) mass is 498 g/mol. The molecule has 188 valence electrons. The van der Waals surface area contributed by atoms with Gasteiger partial charge in [-0.1, -0.05) is 0 Å². The van der Waals surface area contributed by atoms with Gasteiger partial charge >= 0.3 is 17.9 Å². The van der Waals surface area contributed by atoms with Crippen LogP contribution in [0.25, 0.3) is 0 Å². The highest BCUT2D eigenvalue weighted by molar-refractivity contribution is 5.98. The van der Waals surface area contributed by atoms with E-state index in [4.69, 9.17) is 19.3 Å². The van der Waals surface area contributed by atoms with Crippen molar-refractivity contribution in [1.82, 2.24) is 0 Å². The Hall–Kier alpha value is -4.93. The van der Waals surface area contributed by atoms with E-state index in [1.807, 2.05) is 0 Å². The maximum absolute atomic E-state index is 12.7.